The summed E-state index contributed by atoms with van der Waals surface area (Å²) in [6.07, 6.45) is 0. The second kappa shape index (κ2) is 6.11. The Hall–Kier alpha value is -2.20. The number of carbonyl (C=O) groups is 1. The van der Waals surface area contributed by atoms with Crippen molar-refractivity contribution >= 4 is 5.91 Å². The van der Waals surface area contributed by atoms with Gasteiger partial charge in [-0.15, -0.1) is 0 Å². The van der Waals surface area contributed by atoms with E-state index in [9.17, 15) is 9.18 Å². The van der Waals surface area contributed by atoms with Crippen LogP contribution in [0.3, 0.4) is 0 Å². The topological polar surface area (TPSA) is 38.3 Å². The molecular weight excluding hydrogens is 245 g/mol. The standard InChI is InChI=1S/C15H14FNO2/c1-11-6-5-9-13(14(11)16)15(18)17-19-10-12-7-3-2-4-8-12/h2-9H,10H2,1H3,(H,17,18). The minimum Gasteiger partial charge on any atom is -0.269 e. The van der Waals surface area contributed by atoms with Crippen molar-refractivity contribution in [3.63, 3.8) is 0 Å². The van der Waals surface area contributed by atoms with Gasteiger partial charge in [-0.25, -0.2) is 9.87 Å². The first-order valence-electron chi connectivity index (χ1n) is 5.89. The second-order valence-corrected chi connectivity index (χ2v) is 4.14. The van der Waals surface area contributed by atoms with Crippen molar-refractivity contribution < 1.29 is 14.0 Å². The molecule has 2 aromatic carbocycles. The van der Waals surface area contributed by atoms with Crippen LogP contribution in [0, 0.1) is 12.7 Å². The van der Waals surface area contributed by atoms with Gasteiger partial charge in [0, 0.05) is 0 Å². The lowest BCUT2D eigenvalue weighted by Crippen LogP contribution is -2.24. The van der Waals surface area contributed by atoms with Gasteiger partial charge in [0.1, 0.15) is 5.82 Å². The Kier molecular flexibility index (Phi) is 4.26. The van der Waals surface area contributed by atoms with Crippen molar-refractivity contribution in [2.24, 2.45) is 0 Å². The van der Waals surface area contributed by atoms with Gasteiger partial charge >= 0.3 is 0 Å². The molecule has 0 radical (unpaired) electrons. The summed E-state index contributed by atoms with van der Waals surface area (Å²) < 4.78 is 13.7. The first-order valence-corrected chi connectivity index (χ1v) is 5.89. The van der Waals surface area contributed by atoms with Gasteiger partial charge in [0.2, 0.25) is 0 Å². The van der Waals surface area contributed by atoms with Crippen LogP contribution in [0.5, 0.6) is 0 Å². The lowest BCUT2D eigenvalue weighted by molar-refractivity contribution is 0.0230. The number of hydrogen-bond acceptors (Lipinski definition) is 2. The predicted molar refractivity (Wildman–Crippen MR) is 69.8 cm³/mol. The fourth-order valence-corrected chi connectivity index (χ4v) is 1.64. The summed E-state index contributed by atoms with van der Waals surface area (Å²) >= 11 is 0. The molecule has 0 aliphatic heterocycles. The van der Waals surface area contributed by atoms with Gasteiger partial charge in [-0.2, -0.15) is 0 Å². The molecule has 0 atom stereocenters. The Labute approximate surface area is 111 Å². The van der Waals surface area contributed by atoms with E-state index in [1.54, 1.807) is 19.1 Å². The average Bonchev–Trinajstić information content (AvgIpc) is 2.43. The van der Waals surface area contributed by atoms with Crippen molar-refractivity contribution in [1.29, 1.82) is 0 Å². The Bertz CT molecular complexity index is 570. The fourth-order valence-electron chi connectivity index (χ4n) is 1.64. The maximum absolute atomic E-state index is 13.7. The monoisotopic (exact) mass is 259 g/mol. The highest BCUT2D eigenvalue weighted by molar-refractivity contribution is 5.93. The molecule has 0 aliphatic rings. The molecule has 0 spiro atoms. The van der Waals surface area contributed by atoms with E-state index in [-0.39, 0.29) is 12.2 Å². The van der Waals surface area contributed by atoms with Gasteiger partial charge in [-0.1, -0.05) is 42.5 Å². The molecule has 2 rings (SSSR count). The van der Waals surface area contributed by atoms with Crippen molar-refractivity contribution in [2.75, 3.05) is 0 Å². The minimum absolute atomic E-state index is 0.0203. The molecule has 1 N–H and O–H groups in total. The largest absolute Gasteiger partial charge is 0.277 e. The maximum Gasteiger partial charge on any atom is 0.277 e. The lowest BCUT2D eigenvalue weighted by atomic mass is 10.1. The molecule has 0 aliphatic carbocycles. The van der Waals surface area contributed by atoms with E-state index >= 15 is 0 Å². The molecule has 19 heavy (non-hydrogen) atoms. The molecule has 0 heterocycles. The van der Waals surface area contributed by atoms with Gasteiger partial charge in [-0.05, 0) is 24.1 Å². The third kappa shape index (κ3) is 3.39. The molecule has 0 bridgehead atoms. The summed E-state index contributed by atoms with van der Waals surface area (Å²) in [5.74, 6) is -1.11. The van der Waals surface area contributed by atoms with Crippen LogP contribution in [0.25, 0.3) is 0 Å². The number of rotatable bonds is 4. The molecule has 0 unspecified atom stereocenters. The van der Waals surface area contributed by atoms with Gasteiger partial charge in [0.15, 0.2) is 0 Å². The molecular formula is C15H14FNO2. The van der Waals surface area contributed by atoms with Crippen molar-refractivity contribution in [3.05, 3.63) is 71.0 Å². The number of carbonyl (C=O) groups excluding carboxylic acids is 1. The van der Waals surface area contributed by atoms with Crippen LogP contribution >= 0.6 is 0 Å². The summed E-state index contributed by atoms with van der Waals surface area (Å²) in [4.78, 5) is 16.8. The minimum atomic E-state index is -0.586. The SMILES string of the molecule is Cc1cccc(C(=O)NOCc2ccccc2)c1F. The number of benzene rings is 2. The van der Waals surface area contributed by atoms with Crippen LogP contribution in [0.2, 0.25) is 0 Å². The average molecular weight is 259 g/mol. The van der Waals surface area contributed by atoms with Gasteiger partial charge in [0.25, 0.3) is 5.91 Å². The van der Waals surface area contributed by atoms with E-state index in [0.29, 0.717) is 5.56 Å². The van der Waals surface area contributed by atoms with Crippen molar-refractivity contribution in [1.82, 2.24) is 5.48 Å². The number of hydrogen-bond donors (Lipinski definition) is 1. The zero-order valence-electron chi connectivity index (χ0n) is 10.5. The van der Waals surface area contributed by atoms with E-state index in [0.717, 1.165) is 5.56 Å². The summed E-state index contributed by atoms with van der Waals surface area (Å²) in [6.45, 7) is 1.84. The van der Waals surface area contributed by atoms with Crippen LogP contribution in [0.1, 0.15) is 21.5 Å². The number of aryl methyl sites for hydroxylation is 1. The van der Waals surface area contributed by atoms with Gasteiger partial charge < -0.3 is 0 Å². The zero-order chi connectivity index (χ0) is 13.7. The Morgan fingerprint density at radius 3 is 2.63 bits per heavy atom. The Morgan fingerprint density at radius 1 is 1.16 bits per heavy atom. The molecule has 4 heteroatoms. The van der Waals surface area contributed by atoms with Crippen LogP contribution in [-0.4, -0.2) is 5.91 Å². The van der Waals surface area contributed by atoms with E-state index in [2.05, 4.69) is 5.48 Å². The quantitative estimate of drug-likeness (QED) is 0.857. The molecule has 1 amide bonds. The lowest BCUT2D eigenvalue weighted by Gasteiger charge is -2.07. The number of halogens is 1. The number of hydroxylamine groups is 1. The summed E-state index contributed by atoms with van der Waals surface area (Å²) in [5.41, 5.74) is 3.57. The van der Waals surface area contributed by atoms with Crippen LogP contribution in [0.15, 0.2) is 48.5 Å². The zero-order valence-corrected chi connectivity index (χ0v) is 10.5. The molecule has 0 aromatic heterocycles. The first-order chi connectivity index (χ1) is 9.18. The third-order valence-electron chi connectivity index (χ3n) is 2.68. The second-order valence-electron chi connectivity index (χ2n) is 4.14. The third-order valence-corrected chi connectivity index (χ3v) is 2.68. The van der Waals surface area contributed by atoms with E-state index in [1.807, 2.05) is 30.3 Å². The summed E-state index contributed by atoms with van der Waals surface area (Å²) in [6, 6.07) is 14.1. The fraction of sp³-hybridized carbons (Fsp3) is 0.133. The number of amides is 1. The van der Waals surface area contributed by atoms with E-state index in [1.165, 1.54) is 6.07 Å². The van der Waals surface area contributed by atoms with Gasteiger partial charge in [0.05, 0.1) is 12.2 Å². The highest BCUT2D eigenvalue weighted by atomic mass is 19.1. The molecule has 2 aromatic rings. The molecule has 0 saturated carbocycles. The molecule has 0 fully saturated rings. The molecule has 98 valence electrons. The van der Waals surface area contributed by atoms with Gasteiger partial charge in [-0.3, -0.25) is 9.63 Å². The Balaban J connectivity index is 1.93. The van der Waals surface area contributed by atoms with Crippen molar-refractivity contribution in [2.45, 2.75) is 13.5 Å². The van der Waals surface area contributed by atoms with Crippen LogP contribution in [-0.2, 0) is 11.4 Å². The van der Waals surface area contributed by atoms with E-state index < -0.39 is 11.7 Å². The highest BCUT2D eigenvalue weighted by Gasteiger charge is 2.12. The normalized spacial score (nSPS) is 10.2. The van der Waals surface area contributed by atoms with Crippen molar-refractivity contribution in [3.8, 4) is 0 Å². The number of nitrogens with one attached hydrogen (secondary N) is 1. The van der Waals surface area contributed by atoms with Crippen LogP contribution in [0.4, 0.5) is 4.39 Å². The maximum atomic E-state index is 13.7. The highest BCUT2D eigenvalue weighted by Crippen LogP contribution is 2.11. The summed E-state index contributed by atoms with van der Waals surface area (Å²) in [7, 11) is 0. The first kappa shape index (κ1) is 13.2. The predicted octanol–water partition coefficient (Wildman–Crippen LogP) is 3.00. The molecule has 0 saturated heterocycles. The smallest absolute Gasteiger partial charge is 0.269 e. The Morgan fingerprint density at radius 2 is 1.89 bits per heavy atom. The van der Waals surface area contributed by atoms with Crippen LogP contribution < -0.4 is 5.48 Å². The summed E-state index contributed by atoms with van der Waals surface area (Å²) in [5, 5.41) is 0. The molecule has 3 nitrogen and oxygen atoms in total. The van der Waals surface area contributed by atoms with E-state index in [4.69, 9.17) is 4.84 Å².